The Kier molecular flexibility index (Phi) is 6.36. The van der Waals surface area contributed by atoms with Crippen LogP contribution in [0.4, 0.5) is 0 Å². The summed E-state index contributed by atoms with van der Waals surface area (Å²) in [5, 5.41) is 18.9. The molecule has 0 aromatic carbocycles. The van der Waals surface area contributed by atoms with E-state index in [1.807, 2.05) is 6.92 Å². The van der Waals surface area contributed by atoms with E-state index < -0.39 is 22.8 Å². The van der Waals surface area contributed by atoms with Crippen molar-refractivity contribution in [3.05, 3.63) is 0 Å². The second-order valence-electron chi connectivity index (χ2n) is 5.24. The Labute approximate surface area is 109 Å². The smallest absolute Gasteiger partial charge is 0.321 e. The minimum Gasteiger partial charge on any atom is -0.480 e. The zero-order valence-corrected chi connectivity index (χ0v) is 12.0. The van der Waals surface area contributed by atoms with Gasteiger partial charge in [-0.3, -0.25) is 9.59 Å². The lowest BCUT2D eigenvalue weighted by atomic mass is 9.59. The summed E-state index contributed by atoms with van der Waals surface area (Å²) >= 11 is 0. The van der Waals surface area contributed by atoms with Crippen molar-refractivity contribution in [1.82, 2.24) is 0 Å². The highest BCUT2D eigenvalue weighted by Crippen LogP contribution is 2.48. The van der Waals surface area contributed by atoms with Gasteiger partial charge in [0.2, 0.25) is 0 Å². The van der Waals surface area contributed by atoms with Crippen LogP contribution in [0.25, 0.3) is 0 Å². The van der Waals surface area contributed by atoms with Crippen molar-refractivity contribution >= 4 is 11.9 Å². The third kappa shape index (κ3) is 2.85. The zero-order valence-electron chi connectivity index (χ0n) is 12.0. The Balaban J connectivity index is 5.38. The number of unbranched alkanes of at least 4 members (excludes halogenated alkanes) is 2. The number of carbonyl (C=O) groups is 2. The van der Waals surface area contributed by atoms with Gasteiger partial charge in [0.1, 0.15) is 0 Å². The predicted molar refractivity (Wildman–Crippen MR) is 70.5 cm³/mol. The van der Waals surface area contributed by atoms with Gasteiger partial charge in [0.25, 0.3) is 0 Å². The third-order valence-electron chi connectivity index (χ3n) is 4.40. The maximum Gasteiger partial charge on any atom is 0.321 e. The van der Waals surface area contributed by atoms with Crippen molar-refractivity contribution in [3.63, 3.8) is 0 Å². The summed E-state index contributed by atoms with van der Waals surface area (Å²) in [6.07, 6.45) is 4.25. The SMILES string of the molecule is CCCCCC(C)(CC)C(CC)(C(=O)O)C(=O)O. The molecule has 0 spiro atoms. The second kappa shape index (κ2) is 6.76. The van der Waals surface area contributed by atoms with Gasteiger partial charge in [-0.2, -0.15) is 0 Å². The van der Waals surface area contributed by atoms with Crippen molar-refractivity contribution in [2.75, 3.05) is 0 Å². The quantitative estimate of drug-likeness (QED) is 0.490. The van der Waals surface area contributed by atoms with Crippen molar-refractivity contribution in [2.45, 2.75) is 66.2 Å². The Morgan fingerprint density at radius 1 is 0.944 bits per heavy atom. The summed E-state index contributed by atoms with van der Waals surface area (Å²) < 4.78 is 0. The molecule has 0 saturated carbocycles. The Morgan fingerprint density at radius 2 is 1.44 bits per heavy atom. The fourth-order valence-corrected chi connectivity index (χ4v) is 2.79. The van der Waals surface area contributed by atoms with E-state index in [1.165, 1.54) is 0 Å². The van der Waals surface area contributed by atoms with Crippen molar-refractivity contribution < 1.29 is 19.8 Å². The molecule has 1 atom stereocenters. The number of aliphatic carboxylic acids is 2. The lowest BCUT2D eigenvalue weighted by molar-refractivity contribution is -0.177. The summed E-state index contributed by atoms with van der Waals surface area (Å²) in [5.74, 6) is -2.42. The first-order valence-corrected chi connectivity index (χ1v) is 6.79. The molecule has 0 saturated heterocycles. The minimum absolute atomic E-state index is 0.119. The summed E-state index contributed by atoms with van der Waals surface area (Å²) in [5.41, 5.74) is -2.37. The molecule has 0 aromatic heterocycles. The average Bonchev–Trinajstić information content (AvgIpc) is 2.29. The fraction of sp³-hybridized carbons (Fsp3) is 0.857. The molecule has 0 heterocycles. The molecule has 0 amide bonds. The molecule has 0 rings (SSSR count). The molecule has 0 aliphatic heterocycles. The predicted octanol–water partition coefficient (Wildman–Crippen LogP) is 3.55. The van der Waals surface area contributed by atoms with Gasteiger partial charge in [-0.15, -0.1) is 0 Å². The molecule has 18 heavy (non-hydrogen) atoms. The van der Waals surface area contributed by atoms with Crippen LogP contribution in [0.3, 0.4) is 0 Å². The fourth-order valence-electron chi connectivity index (χ4n) is 2.79. The molecule has 2 N–H and O–H groups in total. The van der Waals surface area contributed by atoms with Crippen LogP contribution in [0.15, 0.2) is 0 Å². The summed E-state index contributed by atoms with van der Waals surface area (Å²) in [6, 6.07) is 0. The average molecular weight is 258 g/mol. The van der Waals surface area contributed by atoms with Crippen LogP contribution in [0.1, 0.15) is 66.2 Å². The molecule has 4 nitrogen and oxygen atoms in total. The maximum atomic E-state index is 11.6. The Bertz CT molecular complexity index is 284. The van der Waals surface area contributed by atoms with Crippen molar-refractivity contribution in [2.24, 2.45) is 10.8 Å². The number of rotatable bonds is 9. The number of carboxylic acids is 2. The van der Waals surface area contributed by atoms with E-state index in [0.29, 0.717) is 12.8 Å². The van der Waals surface area contributed by atoms with E-state index in [-0.39, 0.29) is 6.42 Å². The van der Waals surface area contributed by atoms with E-state index in [9.17, 15) is 19.8 Å². The van der Waals surface area contributed by atoms with Gasteiger partial charge in [-0.05, 0) is 24.7 Å². The molecule has 106 valence electrons. The first-order valence-electron chi connectivity index (χ1n) is 6.79. The van der Waals surface area contributed by atoms with E-state index >= 15 is 0 Å². The highest BCUT2D eigenvalue weighted by Gasteiger charge is 2.57. The molecule has 0 aliphatic rings. The Morgan fingerprint density at radius 3 is 1.72 bits per heavy atom. The zero-order chi connectivity index (χ0) is 14.4. The molecule has 0 aromatic rings. The molecule has 1 unspecified atom stereocenters. The van der Waals surface area contributed by atoms with E-state index in [2.05, 4.69) is 6.92 Å². The molecule has 4 heteroatoms. The van der Waals surface area contributed by atoms with E-state index in [0.717, 1.165) is 19.3 Å². The normalized spacial score (nSPS) is 15.1. The van der Waals surface area contributed by atoms with Crippen molar-refractivity contribution in [3.8, 4) is 0 Å². The van der Waals surface area contributed by atoms with E-state index in [1.54, 1.807) is 13.8 Å². The maximum absolute atomic E-state index is 11.6. The molecule has 0 aliphatic carbocycles. The van der Waals surface area contributed by atoms with Gasteiger partial charge in [0.15, 0.2) is 5.41 Å². The lowest BCUT2D eigenvalue weighted by Crippen LogP contribution is -2.51. The van der Waals surface area contributed by atoms with Crippen LogP contribution in [0, 0.1) is 10.8 Å². The highest BCUT2D eigenvalue weighted by molar-refractivity contribution is 5.99. The largest absolute Gasteiger partial charge is 0.480 e. The summed E-state index contributed by atoms with van der Waals surface area (Å²) in [7, 11) is 0. The monoisotopic (exact) mass is 258 g/mol. The first kappa shape index (κ1) is 16.9. The topological polar surface area (TPSA) is 74.6 Å². The summed E-state index contributed by atoms with van der Waals surface area (Å²) in [4.78, 5) is 23.1. The first-order chi connectivity index (χ1) is 8.32. The standard InChI is InChI=1S/C14H26O4/c1-5-8-9-10-13(4,6-2)14(7-3,11(15)16)12(17)18/h5-10H2,1-4H3,(H,15,16)(H,17,18). The van der Waals surface area contributed by atoms with Gasteiger partial charge in [-0.1, -0.05) is 47.0 Å². The molecule has 0 fully saturated rings. The van der Waals surface area contributed by atoms with Gasteiger partial charge in [0, 0.05) is 0 Å². The minimum atomic E-state index is -1.67. The Hall–Kier alpha value is -1.06. The second-order valence-corrected chi connectivity index (χ2v) is 5.24. The third-order valence-corrected chi connectivity index (χ3v) is 4.40. The van der Waals surface area contributed by atoms with Gasteiger partial charge in [0.05, 0.1) is 0 Å². The number of hydrogen-bond acceptors (Lipinski definition) is 2. The van der Waals surface area contributed by atoms with E-state index in [4.69, 9.17) is 0 Å². The van der Waals surface area contributed by atoms with Crippen LogP contribution < -0.4 is 0 Å². The van der Waals surface area contributed by atoms with Gasteiger partial charge in [-0.25, -0.2) is 0 Å². The number of carboxylic acid groups (broad SMARTS) is 2. The van der Waals surface area contributed by atoms with Crippen LogP contribution in [0.2, 0.25) is 0 Å². The van der Waals surface area contributed by atoms with Crippen LogP contribution >= 0.6 is 0 Å². The summed E-state index contributed by atoms with van der Waals surface area (Å²) in [6.45, 7) is 7.40. The van der Waals surface area contributed by atoms with Crippen molar-refractivity contribution in [1.29, 1.82) is 0 Å². The lowest BCUT2D eigenvalue weighted by Gasteiger charge is -2.42. The molecular weight excluding hydrogens is 232 g/mol. The molecule has 0 radical (unpaired) electrons. The van der Waals surface area contributed by atoms with Gasteiger partial charge < -0.3 is 10.2 Å². The number of hydrogen-bond donors (Lipinski definition) is 2. The molecular formula is C14H26O4. The van der Waals surface area contributed by atoms with Crippen LogP contribution in [-0.2, 0) is 9.59 Å². The highest BCUT2D eigenvalue weighted by atomic mass is 16.4. The van der Waals surface area contributed by atoms with Gasteiger partial charge >= 0.3 is 11.9 Å². The van der Waals surface area contributed by atoms with Crippen LogP contribution in [0.5, 0.6) is 0 Å². The molecule has 0 bridgehead atoms. The van der Waals surface area contributed by atoms with Crippen LogP contribution in [-0.4, -0.2) is 22.2 Å².